The number of nitrogens with zero attached hydrogens (tertiary/aromatic N) is 2. The normalized spacial score (nSPS) is 15.9. The SMILES string of the molecule is COc1ccnc(C[S+]([O-])c2nc3cc4c(c(C)c3[nH]2)OC(F)(F)O4)c1C. The van der Waals surface area contributed by atoms with Crippen LogP contribution in [0.5, 0.6) is 17.2 Å². The van der Waals surface area contributed by atoms with Gasteiger partial charge in [0.25, 0.3) is 0 Å². The maximum Gasteiger partial charge on any atom is 0.586 e. The molecule has 10 heteroatoms. The molecule has 0 bridgehead atoms. The Morgan fingerprint density at radius 3 is 2.81 bits per heavy atom. The smallest absolute Gasteiger partial charge is 0.586 e. The lowest BCUT2D eigenvalue weighted by atomic mass is 10.1. The molecule has 142 valence electrons. The van der Waals surface area contributed by atoms with Crippen LogP contribution in [0.15, 0.2) is 23.5 Å². The first kappa shape index (κ1) is 17.8. The molecule has 2 aromatic heterocycles. The van der Waals surface area contributed by atoms with Gasteiger partial charge in [0.1, 0.15) is 5.75 Å². The number of hydrogen-bond donors (Lipinski definition) is 1. The van der Waals surface area contributed by atoms with Crippen molar-refractivity contribution >= 4 is 22.2 Å². The standard InChI is InChI=1S/C17H15F2N3O4S/c1-8-11(20-5-4-12(8)24-3)7-27(23)16-21-10-6-13-15(9(2)14(10)22-16)26-17(18,19)25-13/h4-6H,7H2,1-3H3,(H,21,22). The number of hydrogen-bond acceptors (Lipinski definition) is 6. The molecule has 1 aliphatic rings. The van der Waals surface area contributed by atoms with Crippen LogP contribution in [0.1, 0.15) is 16.8 Å². The van der Waals surface area contributed by atoms with Crippen molar-refractivity contribution in [3.05, 3.63) is 35.2 Å². The monoisotopic (exact) mass is 395 g/mol. The average molecular weight is 395 g/mol. The summed E-state index contributed by atoms with van der Waals surface area (Å²) in [6, 6.07) is 3.06. The molecule has 0 radical (unpaired) electrons. The highest BCUT2D eigenvalue weighted by Gasteiger charge is 2.45. The van der Waals surface area contributed by atoms with E-state index in [1.165, 1.54) is 6.07 Å². The summed E-state index contributed by atoms with van der Waals surface area (Å²) in [6.45, 7) is 3.44. The fourth-order valence-electron chi connectivity index (χ4n) is 2.94. The van der Waals surface area contributed by atoms with E-state index in [9.17, 15) is 13.3 Å². The molecule has 1 N–H and O–H groups in total. The summed E-state index contributed by atoms with van der Waals surface area (Å²) in [5.74, 6) is 0.634. The van der Waals surface area contributed by atoms with Crippen molar-refractivity contribution < 1.29 is 27.5 Å². The zero-order valence-corrected chi connectivity index (χ0v) is 15.4. The Hall–Kier alpha value is -2.59. The van der Waals surface area contributed by atoms with Gasteiger partial charge in [-0.3, -0.25) is 9.97 Å². The van der Waals surface area contributed by atoms with E-state index in [2.05, 4.69) is 24.4 Å². The first-order valence-electron chi connectivity index (χ1n) is 7.95. The van der Waals surface area contributed by atoms with Crippen LogP contribution < -0.4 is 14.2 Å². The maximum absolute atomic E-state index is 13.3. The number of ether oxygens (including phenoxy) is 3. The van der Waals surface area contributed by atoms with Crippen LogP contribution in [-0.4, -0.2) is 32.9 Å². The number of aromatic amines is 1. The Morgan fingerprint density at radius 1 is 1.30 bits per heavy atom. The van der Waals surface area contributed by atoms with Crippen LogP contribution in [0.2, 0.25) is 0 Å². The van der Waals surface area contributed by atoms with Crippen LogP contribution in [0.3, 0.4) is 0 Å². The zero-order valence-electron chi connectivity index (χ0n) is 14.6. The molecule has 0 saturated heterocycles. The number of aromatic nitrogens is 3. The van der Waals surface area contributed by atoms with Gasteiger partial charge in [0, 0.05) is 34.6 Å². The summed E-state index contributed by atoms with van der Waals surface area (Å²) < 4.78 is 53.6. The molecule has 3 aromatic rings. The second-order valence-corrected chi connectivity index (χ2v) is 7.37. The summed E-state index contributed by atoms with van der Waals surface area (Å²) in [6.07, 6.45) is -2.12. The molecule has 1 atom stereocenters. The van der Waals surface area contributed by atoms with Crippen LogP contribution in [0, 0.1) is 13.8 Å². The Bertz CT molecular complexity index is 1040. The highest BCUT2D eigenvalue weighted by atomic mass is 32.2. The van der Waals surface area contributed by atoms with Crippen LogP contribution >= 0.6 is 0 Å². The van der Waals surface area contributed by atoms with Crippen molar-refractivity contribution in [2.24, 2.45) is 0 Å². The topological polar surface area (TPSA) is 92.3 Å². The minimum absolute atomic E-state index is 0.0567. The van der Waals surface area contributed by atoms with Crippen molar-refractivity contribution in [3.8, 4) is 17.2 Å². The van der Waals surface area contributed by atoms with Gasteiger partial charge in [0.2, 0.25) is 0 Å². The summed E-state index contributed by atoms with van der Waals surface area (Å²) in [4.78, 5) is 11.5. The number of nitrogens with one attached hydrogen (secondary N) is 1. The minimum Gasteiger partial charge on any atom is -0.609 e. The van der Waals surface area contributed by atoms with E-state index in [0.717, 1.165) is 5.56 Å². The Balaban J connectivity index is 1.66. The third-order valence-electron chi connectivity index (χ3n) is 4.33. The molecule has 4 rings (SSSR count). The number of imidazole rings is 1. The maximum atomic E-state index is 13.3. The van der Waals surface area contributed by atoms with Gasteiger partial charge in [0.05, 0.1) is 23.8 Å². The predicted molar refractivity (Wildman–Crippen MR) is 92.7 cm³/mol. The third kappa shape index (κ3) is 3.04. The number of methoxy groups -OCH3 is 1. The molecule has 7 nitrogen and oxygen atoms in total. The number of alkyl halides is 2. The molecule has 1 aromatic carbocycles. The molecule has 0 fully saturated rings. The Labute approximate surface area is 155 Å². The lowest BCUT2D eigenvalue weighted by Gasteiger charge is -2.10. The van der Waals surface area contributed by atoms with E-state index in [1.807, 2.05) is 6.92 Å². The first-order chi connectivity index (χ1) is 12.8. The highest BCUT2D eigenvalue weighted by Crippen LogP contribution is 2.45. The van der Waals surface area contributed by atoms with Gasteiger partial charge in [0.15, 0.2) is 17.3 Å². The number of benzene rings is 1. The van der Waals surface area contributed by atoms with Gasteiger partial charge in [-0.1, -0.05) is 0 Å². The molecule has 1 unspecified atom stereocenters. The second-order valence-electron chi connectivity index (χ2n) is 6.01. The van der Waals surface area contributed by atoms with E-state index in [1.54, 1.807) is 26.3 Å². The van der Waals surface area contributed by atoms with E-state index < -0.39 is 17.5 Å². The zero-order chi connectivity index (χ0) is 19.3. The number of H-pyrrole nitrogens is 1. The Morgan fingerprint density at radius 2 is 2.07 bits per heavy atom. The van der Waals surface area contributed by atoms with E-state index >= 15 is 0 Å². The number of rotatable bonds is 4. The lowest BCUT2D eigenvalue weighted by molar-refractivity contribution is -0.286. The molecule has 27 heavy (non-hydrogen) atoms. The lowest BCUT2D eigenvalue weighted by Crippen LogP contribution is -2.26. The molecule has 0 saturated carbocycles. The number of aryl methyl sites for hydroxylation is 1. The molecule has 0 spiro atoms. The molecule has 0 amide bonds. The average Bonchev–Trinajstić information content (AvgIpc) is 3.17. The quantitative estimate of drug-likeness (QED) is 0.682. The van der Waals surface area contributed by atoms with Gasteiger partial charge in [-0.25, -0.2) is 0 Å². The van der Waals surface area contributed by atoms with Crippen LogP contribution in [0.4, 0.5) is 8.78 Å². The van der Waals surface area contributed by atoms with Crippen molar-refractivity contribution in [2.45, 2.75) is 31.1 Å². The number of fused-ring (bicyclic) bond motifs is 2. The van der Waals surface area contributed by atoms with Crippen LogP contribution in [0.25, 0.3) is 11.0 Å². The fourth-order valence-corrected chi connectivity index (χ4v) is 4.03. The van der Waals surface area contributed by atoms with Gasteiger partial charge < -0.3 is 18.8 Å². The summed E-state index contributed by atoms with van der Waals surface area (Å²) in [5, 5.41) is 0.215. The van der Waals surface area contributed by atoms with E-state index in [-0.39, 0.29) is 22.4 Å². The third-order valence-corrected chi connectivity index (χ3v) is 5.49. The highest BCUT2D eigenvalue weighted by molar-refractivity contribution is 7.90. The van der Waals surface area contributed by atoms with Crippen molar-refractivity contribution in [1.29, 1.82) is 0 Å². The van der Waals surface area contributed by atoms with E-state index in [4.69, 9.17) is 4.74 Å². The first-order valence-corrected chi connectivity index (χ1v) is 9.27. The fraction of sp³-hybridized carbons (Fsp3) is 0.294. The van der Waals surface area contributed by atoms with Crippen LogP contribution in [-0.2, 0) is 16.9 Å². The molecule has 1 aliphatic heterocycles. The van der Waals surface area contributed by atoms with Crippen molar-refractivity contribution in [1.82, 2.24) is 15.0 Å². The minimum atomic E-state index is -3.70. The molecular formula is C17H15F2N3O4S. The number of pyridine rings is 1. The van der Waals surface area contributed by atoms with Crippen molar-refractivity contribution in [3.63, 3.8) is 0 Å². The van der Waals surface area contributed by atoms with Gasteiger partial charge in [-0.15, -0.1) is 8.78 Å². The summed E-state index contributed by atoms with van der Waals surface area (Å²) >= 11 is -1.52. The summed E-state index contributed by atoms with van der Waals surface area (Å²) in [5.41, 5.74) is 2.66. The van der Waals surface area contributed by atoms with Crippen molar-refractivity contribution in [2.75, 3.05) is 7.11 Å². The van der Waals surface area contributed by atoms with E-state index in [0.29, 0.717) is 28.0 Å². The predicted octanol–water partition coefficient (Wildman–Crippen LogP) is 3.21. The molecule has 0 aliphatic carbocycles. The Kier molecular flexibility index (Phi) is 4.11. The second kappa shape index (κ2) is 6.24. The summed E-state index contributed by atoms with van der Waals surface area (Å²) in [7, 11) is 1.55. The molecular weight excluding hydrogens is 380 g/mol. The molecule has 3 heterocycles. The van der Waals surface area contributed by atoms with Gasteiger partial charge in [-0.2, -0.15) is 4.98 Å². The van der Waals surface area contributed by atoms with Gasteiger partial charge >= 0.3 is 11.5 Å². The largest absolute Gasteiger partial charge is 0.609 e. The van der Waals surface area contributed by atoms with Gasteiger partial charge in [-0.05, 0) is 19.9 Å². The number of halogens is 2.